The highest BCUT2D eigenvalue weighted by atomic mass is 32.1. The highest BCUT2D eigenvalue weighted by molar-refractivity contribution is 7.09. The van der Waals surface area contributed by atoms with Crippen molar-refractivity contribution < 1.29 is 14.4 Å². The molecule has 2 aromatic rings. The average Bonchev–Trinajstić information content (AvgIpc) is 3.33. The number of nitrogens with one attached hydrogen (secondary N) is 3. The van der Waals surface area contributed by atoms with Crippen LogP contribution < -0.4 is 16.1 Å². The van der Waals surface area contributed by atoms with Gasteiger partial charge in [0.2, 0.25) is 5.43 Å². The second kappa shape index (κ2) is 9.88. The van der Waals surface area contributed by atoms with Crippen LogP contribution in [-0.4, -0.2) is 53.6 Å². The van der Waals surface area contributed by atoms with Gasteiger partial charge in [-0.15, -0.1) is 11.3 Å². The minimum absolute atomic E-state index is 0.00502. The molecule has 0 aliphatic carbocycles. The summed E-state index contributed by atoms with van der Waals surface area (Å²) in [4.78, 5) is 55.7. The maximum atomic E-state index is 12.6. The Kier molecular flexibility index (Phi) is 7.54. The van der Waals surface area contributed by atoms with E-state index in [-0.39, 0.29) is 22.6 Å². The molecule has 0 radical (unpaired) electrons. The standard InChI is InChI=1S/C18H19N5O4S.C2H6/c1-22(2)16(25)11-8-19-9-12(15(11)24)21-14-13(17(26)23(3)18(14)27)20-7-10-5-4-6-28-10;1-2/h4-6,8-9,20-21H,7H2,1-3H3,(H,19,24);1-2H3. The van der Waals surface area contributed by atoms with Crippen molar-refractivity contribution in [2.45, 2.75) is 20.4 Å². The van der Waals surface area contributed by atoms with Crippen LogP contribution in [0.5, 0.6) is 0 Å². The number of likely N-dealkylation sites (N-methyl/N-ethyl adjacent to an activating group) is 1. The largest absolute Gasteiger partial charge is 0.374 e. The fourth-order valence-corrected chi connectivity index (χ4v) is 3.27. The number of carbonyl (C=O) groups excluding carboxylic acids is 3. The lowest BCUT2D eigenvalue weighted by Gasteiger charge is -2.12. The van der Waals surface area contributed by atoms with Crippen LogP contribution in [0.2, 0.25) is 0 Å². The molecule has 3 heterocycles. The second-order valence-corrected chi connectivity index (χ2v) is 7.32. The molecule has 9 nitrogen and oxygen atoms in total. The molecule has 1 aliphatic heterocycles. The number of hydrogen-bond donors (Lipinski definition) is 3. The van der Waals surface area contributed by atoms with Gasteiger partial charge < -0.3 is 20.5 Å². The van der Waals surface area contributed by atoms with Crippen molar-refractivity contribution in [3.63, 3.8) is 0 Å². The lowest BCUT2D eigenvalue weighted by molar-refractivity contribution is -0.136. The Morgan fingerprint density at radius 3 is 2.40 bits per heavy atom. The fraction of sp³-hybridized carbons (Fsp3) is 0.300. The number of pyridine rings is 1. The average molecular weight is 432 g/mol. The van der Waals surface area contributed by atoms with Crippen LogP contribution in [0.4, 0.5) is 5.69 Å². The maximum absolute atomic E-state index is 12.6. The lowest BCUT2D eigenvalue weighted by Crippen LogP contribution is -2.30. The molecule has 0 fully saturated rings. The van der Waals surface area contributed by atoms with Crippen LogP contribution >= 0.6 is 11.3 Å². The Bertz CT molecular complexity index is 1020. The van der Waals surface area contributed by atoms with Crippen LogP contribution in [0.3, 0.4) is 0 Å². The number of nitrogens with zero attached hydrogens (tertiary/aromatic N) is 2. The number of aromatic amines is 1. The molecule has 160 valence electrons. The van der Waals surface area contributed by atoms with Gasteiger partial charge in [-0.25, -0.2) is 0 Å². The maximum Gasteiger partial charge on any atom is 0.279 e. The zero-order valence-electron chi connectivity index (χ0n) is 17.5. The summed E-state index contributed by atoms with van der Waals surface area (Å²) in [5.41, 5.74) is -0.616. The van der Waals surface area contributed by atoms with Crippen LogP contribution in [-0.2, 0) is 16.1 Å². The molecule has 30 heavy (non-hydrogen) atoms. The van der Waals surface area contributed by atoms with Gasteiger partial charge in [0.05, 0.1) is 0 Å². The van der Waals surface area contributed by atoms with Gasteiger partial charge in [-0.05, 0) is 11.4 Å². The van der Waals surface area contributed by atoms with E-state index >= 15 is 0 Å². The molecule has 0 unspecified atom stereocenters. The summed E-state index contributed by atoms with van der Waals surface area (Å²) >= 11 is 1.51. The summed E-state index contributed by atoms with van der Waals surface area (Å²) in [5, 5.41) is 7.60. The van der Waals surface area contributed by atoms with Gasteiger partial charge in [0.1, 0.15) is 22.6 Å². The van der Waals surface area contributed by atoms with Crippen LogP contribution in [0.1, 0.15) is 29.1 Å². The third kappa shape index (κ3) is 4.60. The molecular weight excluding hydrogens is 406 g/mol. The van der Waals surface area contributed by atoms with Gasteiger partial charge in [-0.1, -0.05) is 19.9 Å². The summed E-state index contributed by atoms with van der Waals surface area (Å²) in [6, 6.07) is 3.78. The normalized spacial score (nSPS) is 13.2. The summed E-state index contributed by atoms with van der Waals surface area (Å²) in [7, 11) is 4.43. The first-order valence-corrected chi connectivity index (χ1v) is 10.2. The molecule has 3 N–H and O–H groups in total. The molecular formula is C20H25N5O4S. The van der Waals surface area contributed by atoms with Crippen LogP contribution in [0, 0.1) is 0 Å². The molecule has 3 amide bonds. The van der Waals surface area contributed by atoms with E-state index in [1.807, 2.05) is 31.4 Å². The second-order valence-electron chi connectivity index (χ2n) is 6.29. The van der Waals surface area contributed by atoms with E-state index in [4.69, 9.17) is 0 Å². The number of amides is 3. The molecule has 1 aliphatic rings. The first kappa shape index (κ1) is 22.9. The Labute approximate surface area is 178 Å². The van der Waals surface area contributed by atoms with Crippen molar-refractivity contribution in [1.29, 1.82) is 0 Å². The number of anilines is 1. The fourth-order valence-electron chi connectivity index (χ4n) is 2.62. The smallest absolute Gasteiger partial charge is 0.279 e. The van der Waals surface area contributed by atoms with Gasteiger partial charge in [-0.2, -0.15) is 0 Å². The van der Waals surface area contributed by atoms with Gasteiger partial charge >= 0.3 is 0 Å². The first-order valence-electron chi connectivity index (χ1n) is 9.34. The molecule has 0 bridgehead atoms. The van der Waals surface area contributed by atoms with Gasteiger partial charge in [-0.3, -0.25) is 24.1 Å². The zero-order chi connectivity index (χ0) is 22.4. The molecule has 0 spiro atoms. The highest BCUT2D eigenvalue weighted by Gasteiger charge is 2.36. The predicted molar refractivity (Wildman–Crippen MR) is 116 cm³/mol. The van der Waals surface area contributed by atoms with Gasteiger partial charge in [0.25, 0.3) is 17.7 Å². The van der Waals surface area contributed by atoms with Crippen molar-refractivity contribution in [2.24, 2.45) is 0 Å². The number of aromatic nitrogens is 1. The summed E-state index contributed by atoms with van der Waals surface area (Å²) in [6.45, 7) is 4.36. The lowest BCUT2D eigenvalue weighted by atomic mass is 10.2. The van der Waals surface area contributed by atoms with E-state index in [9.17, 15) is 19.2 Å². The SMILES string of the molecule is CC.CN(C)C(=O)c1c[nH]cc(NC2=C(NCc3cccs3)C(=O)N(C)C2=O)c1=O. The molecule has 0 saturated carbocycles. The molecule has 3 rings (SSSR count). The Hall–Kier alpha value is -3.40. The number of H-pyrrole nitrogens is 1. The number of imide groups is 1. The Balaban J connectivity index is 0.00000155. The molecule has 2 aromatic heterocycles. The van der Waals surface area contributed by atoms with E-state index in [0.29, 0.717) is 6.54 Å². The predicted octanol–water partition coefficient (Wildman–Crippen LogP) is 1.58. The number of hydrogen-bond acceptors (Lipinski definition) is 7. The Morgan fingerprint density at radius 2 is 1.80 bits per heavy atom. The zero-order valence-corrected chi connectivity index (χ0v) is 18.3. The number of thiophene rings is 1. The van der Waals surface area contributed by atoms with E-state index in [0.717, 1.165) is 9.78 Å². The minimum atomic E-state index is -0.572. The monoisotopic (exact) mass is 431 g/mol. The van der Waals surface area contributed by atoms with Crippen molar-refractivity contribution in [3.8, 4) is 0 Å². The van der Waals surface area contributed by atoms with Crippen LogP contribution in [0.25, 0.3) is 0 Å². The highest BCUT2D eigenvalue weighted by Crippen LogP contribution is 2.20. The van der Waals surface area contributed by atoms with E-state index in [1.54, 1.807) is 0 Å². The minimum Gasteiger partial charge on any atom is -0.374 e. The van der Waals surface area contributed by atoms with Crippen molar-refractivity contribution in [1.82, 2.24) is 20.1 Å². The van der Waals surface area contributed by atoms with Gasteiger partial charge in [0, 0.05) is 45.0 Å². The summed E-state index contributed by atoms with van der Waals surface area (Å²) in [6.07, 6.45) is 2.64. The van der Waals surface area contributed by atoms with E-state index < -0.39 is 23.2 Å². The van der Waals surface area contributed by atoms with Crippen LogP contribution in [0.15, 0.2) is 46.1 Å². The first-order chi connectivity index (χ1) is 14.3. The number of rotatable bonds is 6. The summed E-state index contributed by atoms with van der Waals surface area (Å²) in [5.74, 6) is -1.54. The summed E-state index contributed by atoms with van der Waals surface area (Å²) < 4.78 is 0. The van der Waals surface area contributed by atoms with E-state index in [2.05, 4.69) is 15.6 Å². The molecule has 0 atom stereocenters. The van der Waals surface area contributed by atoms with Gasteiger partial charge in [0.15, 0.2) is 0 Å². The van der Waals surface area contributed by atoms with E-state index in [1.165, 1.54) is 49.8 Å². The topological polar surface area (TPSA) is 115 Å². The third-order valence-electron chi connectivity index (χ3n) is 4.15. The molecule has 0 aromatic carbocycles. The molecule has 0 saturated heterocycles. The molecule has 10 heteroatoms. The van der Waals surface area contributed by atoms with Crippen molar-refractivity contribution in [2.75, 3.05) is 26.5 Å². The van der Waals surface area contributed by atoms with Crippen molar-refractivity contribution >= 4 is 34.7 Å². The third-order valence-corrected chi connectivity index (χ3v) is 5.02. The quantitative estimate of drug-likeness (QED) is 0.598. The number of carbonyl (C=O) groups is 3. The van der Waals surface area contributed by atoms with Crippen molar-refractivity contribution in [3.05, 3.63) is 62.0 Å². The Morgan fingerprint density at radius 1 is 1.13 bits per heavy atom.